The van der Waals surface area contributed by atoms with E-state index >= 15 is 0 Å². The Morgan fingerprint density at radius 3 is 2.55 bits per heavy atom. The van der Waals surface area contributed by atoms with Gasteiger partial charge in [-0.25, -0.2) is 4.68 Å². The van der Waals surface area contributed by atoms with Gasteiger partial charge in [0, 0.05) is 24.5 Å². The fourth-order valence-electron chi connectivity index (χ4n) is 2.38. The van der Waals surface area contributed by atoms with E-state index in [-0.39, 0.29) is 11.6 Å². The number of nitrogens with one attached hydrogen (secondary N) is 1. The molecule has 5 heteroatoms. The number of likely N-dealkylation sites (N-methyl/N-ethyl adjacent to an activating group) is 1. The molecule has 20 heavy (non-hydrogen) atoms. The number of hydrogen-bond acceptors (Lipinski definition) is 4. The first-order valence-corrected chi connectivity index (χ1v) is 6.94. The van der Waals surface area contributed by atoms with Gasteiger partial charge < -0.3 is 10.2 Å². The molecule has 0 fully saturated rings. The molecular weight excluding hydrogens is 252 g/mol. The average Bonchev–Trinajstić information content (AvgIpc) is 2.41. The summed E-state index contributed by atoms with van der Waals surface area (Å²) in [5, 5.41) is 9.44. The first kappa shape index (κ1) is 14.5. The Kier molecular flexibility index (Phi) is 4.39. The Hall–Kier alpha value is -1.88. The van der Waals surface area contributed by atoms with E-state index < -0.39 is 0 Å². The van der Waals surface area contributed by atoms with Gasteiger partial charge in [-0.15, -0.1) is 0 Å². The first-order valence-electron chi connectivity index (χ1n) is 6.94. The van der Waals surface area contributed by atoms with Crippen molar-refractivity contribution in [1.82, 2.24) is 14.7 Å². The zero-order chi connectivity index (χ0) is 14.7. The molecule has 0 aliphatic carbocycles. The van der Waals surface area contributed by atoms with Crippen LogP contribution >= 0.6 is 0 Å². The Labute approximate surface area is 119 Å². The maximum Gasteiger partial charge on any atom is 0.274 e. The van der Waals surface area contributed by atoms with Crippen molar-refractivity contribution in [2.24, 2.45) is 0 Å². The van der Waals surface area contributed by atoms with E-state index in [0.29, 0.717) is 11.9 Å². The third-order valence-electron chi connectivity index (χ3n) is 3.19. The second-order valence-electron chi connectivity index (χ2n) is 5.32. The van der Waals surface area contributed by atoms with Gasteiger partial charge in [-0.05, 0) is 34.0 Å². The minimum Gasteiger partial charge on any atom is -0.364 e. The van der Waals surface area contributed by atoms with Gasteiger partial charge in [0.2, 0.25) is 0 Å². The van der Waals surface area contributed by atoms with Crippen LogP contribution in [0.25, 0.3) is 10.8 Å². The molecule has 1 atom stereocenters. The molecule has 1 heterocycles. The smallest absolute Gasteiger partial charge is 0.274 e. The summed E-state index contributed by atoms with van der Waals surface area (Å²) in [5.41, 5.74) is -0.0334. The zero-order valence-electron chi connectivity index (χ0n) is 12.6. The normalized spacial score (nSPS) is 12.8. The minimum atomic E-state index is -0.0334. The van der Waals surface area contributed by atoms with Crippen LogP contribution in [0.5, 0.6) is 0 Å². The second-order valence-corrected chi connectivity index (χ2v) is 5.32. The Morgan fingerprint density at radius 1 is 1.30 bits per heavy atom. The molecule has 0 saturated heterocycles. The maximum atomic E-state index is 12.2. The maximum absolute atomic E-state index is 12.2. The molecule has 1 aromatic carbocycles. The summed E-state index contributed by atoms with van der Waals surface area (Å²) >= 11 is 0. The fraction of sp³-hybridized carbons (Fsp3) is 0.467. The van der Waals surface area contributed by atoms with Crippen LogP contribution in [0.15, 0.2) is 29.1 Å². The van der Waals surface area contributed by atoms with E-state index in [4.69, 9.17) is 0 Å². The van der Waals surface area contributed by atoms with Crippen LogP contribution in [-0.2, 0) is 6.54 Å². The number of nitrogens with zero attached hydrogens (tertiary/aromatic N) is 3. The lowest BCUT2D eigenvalue weighted by Crippen LogP contribution is -2.31. The Morgan fingerprint density at radius 2 is 1.95 bits per heavy atom. The first-order chi connectivity index (χ1) is 9.52. The molecule has 1 aromatic heterocycles. The van der Waals surface area contributed by atoms with Crippen LogP contribution in [0.2, 0.25) is 0 Å². The molecule has 1 N–H and O–H groups in total. The highest BCUT2D eigenvalue weighted by atomic mass is 16.1. The molecule has 108 valence electrons. The molecule has 0 amide bonds. The van der Waals surface area contributed by atoms with Crippen LogP contribution in [0.3, 0.4) is 0 Å². The third kappa shape index (κ3) is 2.99. The van der Waals surface area contributed by atoms with Gasteiger partial charge in [0.25, 0.3) is 5.56 Å². The van der Waals surface area contributed by atoms with Crippen LogP contribution < -0.4 is 10.9 Å². The van der Waals surface area contributed by atoms with Crippen LogP contribution in [0, 0.1) is 0 Å². The molecule has 0 aliphatic rings. The topological polar surface area (TPSA) is 50.2 Å². The fourth-order valence-corrected chi connectivity index (χ4v) is 2.38. The van der Waals surface area contributed by atoms with E-state index in [1.165, 1.54) is 4.68 Å². The quantitative estimate of drug-likeness (QED) is 0.903. The van der Waals surface area contributed by atoms with E-state index in [0.717, 1.165) is 17.7 Å². The average molecular weight is 274 g/mol. The van der Waals surface area contributed by atoms with Crippen molar-refractivity contribution in [3.63, 3.8) is 0 Å². The summed E-state index contributed by atoms with van der Waals surface area (Å²) in [5.74, 6) is 0.774. The van der Waals surface area contributed by atoms with Crippen molar-refractivity contribution in [2.75, 3.05) is 26.0 Å². The summed E-state index contributed by atoms with van der Waals surface area (Å²) in [4.78, 5) is 14.4. The molecule has 0 unspecified atom stereocenters. The van der Waals surface area contributed by atoms with Crippen molar-refractivity contribution in [3.8, 4) is 0 Å². The Balaban J connectivity index is 2.47. The summed E-state index contributed by atoms with van der Waals surface area (Å²) in [6, 6.07) is 7.86. The van der Waals surface area contributed by atoms with Crippen LogP contribution in [-0.4, -0.2) is 41.4 Å². The molecule has 0 spiro atoms. The lowest BCUT2D eigenvalue weighted by Gasteiger charge is -2.20. The van der Waals surface area contributed by atoms with Crippen molar-refractivity contribution >= 4 is 16.6 Å². The number of benzene rings is 1. The number of aryl methyl sites for hydroxylation is 1. The van der Waals surface area contributed by atoms with Gasteiger partial charge in [-0.1, -0.05) is 18.2 Å². The summed E-state index contributed by atoms with van der Waals surface area (Å²) in [6.07, 6.45) is 0. The summed E-state index contributed by atoms with van der Waals surface area (Å²) in [6.45, 7) is 5.51. The number of anilines is 1. The zero-order valence-corrected chi connectivity index (χ0v) is 12.6. The van der Waals surface area contributed by atoms with Crippen molar-refractivity contribution in [3.05, 3.63) is 34.6 Å². The van der Waals surface area contributed by atoms with Crippen molar-refractivity contribution in [1.29, 1.82) is 0 Å². The number of rotatable bonds is 5. The predicted molar refractivity (Wildman–Crippen MR) is 83.3 cm³/mol. The van der Waals surface area contributed by atoms with E-state index in [2.05, 4.69) is 22.2 Å². The highest BCUT2D eigenvalue weighted by Crippen LogP contribution is 2.18. The van der Waals surface area contributed by atoms with Gasteiger partial charge in [-0.2, -0.15) is 5.10 Å². The molecule has 0 radical (unpaired) electrons. The van der Waals surface area contributed by atoms with E-state index in [1.54, 1.807) is 0 Å². The van der Waals surface area contributed by atoms with Crippen molar-refractivity contribution in [2.45, 2.75) is 26.4 Å². The van der Waals surface area contributed by atoms with Crippen LogP contribution in [0.4, 0.5) is 5.82 Å². The SMILES string of the molecule is CCn1nc(N[C@H](C)CN(C)C)c2ccccc2c1=O. The number of fused-ring (bicyclic) bond motifs is 1. The van der Waals surface area contributed by atoms with Gasteiger partial charge in [0.15, 0.2) is 5.82 Å². The number of hydrogen-bond donors (Lipinski definition) is 1. The second kappa shape index (κ2) is 6.05. The highest BCUT2D eigenvalue weighted by molar-refractivity contribution is 5.90. The molecule has 0 saturated carbocycles. The predicted octanol–water partition coefficient (Wildman–Crippen LogP) is 1.78. The van der Waals surface area contributed by atoms with Crippen LogP contribution in [0.1, 0.15) is 13.8 Å². The molecule has 2 rings (SSSR count). The molecular formula is C15H22N4O. The van der Waals surface area contributed by atoms with Crippen molar-refractivity contribution < 1.29 is 0 Å². The van der Waals surface area contributed by atoms with Gasteiger partial charge in [-0.3, -0.25) is 4.79 Å². The lowest BCUT2D eigenvalue weighted by atomic mass is 10.2. The Bertz CT molecular complexity index is 648. The summed E-state index contributed by atoms with van der Waals surface area (Å²) in [7, 11) is 4.08. The molecule has 5 nitrogen and oxygen atoms in total. The third-order valence-corrected chi connectivity index (χ3v) is 3.19. The van der Waals surface area contributed by atoms with E-state index in [1.807, 2.05) is 45.3 Å². The standard InChI is InChI=1S/C15H22N4O/c1-5-19-15(20)13-9-7-6-8-12(13)14(17-19)16-11(2)10-18(3)4/h6-9,11H,5,10H2,1-4H3,(H,16,17)/t11-/m1/s1. The van der Waals surface area contributed by atoms with Gasteiger partial charge in [0.1, 0.15) is 0 Å². The molecule has 2 aromatic rings. The van der Waals surface area contributed by atoms with Gasteiger partial charge >= 0.3 is 0 Å². The largest absolute Gasteiger partial charge is 0.364 e. The lowest BCUT2D eigenvalue weighted by molar-refractivity contribution is 0.391. The van der Waals surface area contributed by atoms with E-state index in [9.17, 15) is 4.79 Å². The molecule has 0 bridgehead atoms. The van der Waals surface area contributed by atoms with Gasteiger partial charge in [0.05, 0.1) is 5.39 Å². The highest BCUT2D eigenvalue weighted by Gasteiger charge is 2.11. The monoisotopic (exact) mass is 274 g/mol. The minimum absolute atomic E-state index is 0.0334. The molecule has 0 aliphatic heterocycles. The number of aromatic nitrogens is 2. The summed E-state index contributed by atoms with van der Waals surface area (Å²) < 4.78 is 1.51.